The average Bonchev–Trinajstić information content (AvgIpc) is 3.46. The molecule has 0 spiro atoms. The molecule has 38 heavy (non-hydrogen) atoms. The van der Waals surface area contributed by atoms with Gasteiger partial charge in [0, 0.05) is 30.0 Å². The number of imidazole rings is 1. The van der Waals surface area contributed by atoms with E-state index in [9.17, 15) is 20.4 Å². The molecule has 0 amide bonds. The first-order chi connectivity index (χ1) is 18.4. The minimum absolute atomic E-state index is 0.115. The number of nitrogen functional groups attached to an aromatic ring is 1. The molecule has 3 heterocycles. The van der Waals surface area contributed by atoms with Gasteiger partial charge in [-0.2, -0.15) is 0 Å². The lowest BCUT2D eigenvalue weighted by atomic mass is 10.1. The Balaban J connectivity index is 1.60. The van der Waals surface area contributed by atoms with Crippen LogP contribution in [-0.4, -0.2) is 84.3 Å². The molecule has 0 saturated carbocycles. The molecule has 1 saturated heterocycles. The van der Waals surface area contributed by atoms with Crippen LogP contribution >= 0.6 is 11.8 Å². The number of hydrogen-bond donors (Lipinski definition) is 5. The van der Waals surface area contributed by atoms with E-state index in [1.165, 1.54) is 6.33 Å². The van der Waals surface area contributed by atoms with Crippen molar-refractivity contribution in [1.29, 1.82) is 0 Å². The van der Waals surface area contributed by atoms with Crippen molar-refractivity contribution in [3.8, 4) is 11.1 Å². The van der Waals surface area contributed by atoms with Gasteiger partial charge < -0.3 is 35.8 Å². The lowest BCUT2D eigenvalue weighted by Gasteiger charge is -2.25. The predicted octanol–water partition coefficient (Wildman–Crippen LogP) is 1.93. The lowest BCUT2D eigenvalue weighted by molar-refractivity contribution is -0.0503. The van der Waals surface area contributed by atoms with Gasteiger partial charge in [-0.25, -0.2) is 15.0 Å². The molecule has 1 aliphatic rings. The van der Waals surface area contributed by atoms with E-state index < -0.39 is 31.1 Å². The maximum atomic E-state index is 10.8. The SMILES string of the molecule is CN(c1ccc(-c2ccccc2)c(SCCCO)c1)c1nc2c(N)ncnc2n1[C@@H]1O[C@H](CO)[C@@H](O)[C@H]1O. The zero-order valence-electron chi connectivity index (χ0n) is 20.8. The van der Waals surface area contributed by atoms with Crippen LogP contribution in [0.4, 0.5) is 17.5 Å². The molecule has 0 bridgehead atoms. The van der Waals surface area contributed by atoms with E-state index in [1.807, 2.05) is 48.3 Å². The summed E-state index contributed by atoms with van der Waals surface area (Å²) in [5.41, 5.74) is 9.70. The molecular formula is C26H30N6O5S. The Hall–Kier alpha value is -3.26. The van der Waals surface area contributed by atoms with Crippen LogP contribution in [0.3, 0.4) is 0 Å². The van der Waals surface area contributed by atoms with Gasteiger partial charge >= 0.3 is 0 Å². The summed E-state index contributed by atoms with van der Waals surface area (Å²) >= 11 is 1.65. The topological polar surface area (TPSA) is 163 Å². The summed E-state index contributed by atoms with van der Waals surface area (Å²) in [6.07, 6.45) is -2.70. The van der Waals surface area contributed by atoms with E-state index in [-0.39, 0.29) is 12.4 Å². The molecule has 2 aromatic carbocycles. The molecular weight excluding hydrogens is 508 g/mol. The Bertz CT molecular complexity index is 1400. The number of thioether (sulfide) groups is 1. The van der Waals surface area contributed by atoms with Crippen molar-refractivity contribution < 1.29 is 25.2 Å². The second-order valence-corrected chi connectivity index (χ2v) is 10.1. The zero-order valence-corrected chi connectivity index (χ0v) is 21.6. The summed E-state index contributed by atoms with van der Waals surface area (Å²) in [5, 5.41) is 40.2. The van der Waals surface area contributed by atoms with Crippen LogP contribution in [-0.2, 0) is 4.74 Å². The van der Waals surface area contributed by atoms with Gasteiger partial charge in [0.1, 0.15) is 24.6 Å². The van der Waals surface area contributed by atoms with E-state index in [4.69, 9.17) is 15.5 Å². The molecule has 0 unspecified atom stereocenters. The molecule has 4 aromatic rings. The number of hydrogen-bond acceptors (Lipinski definition) is 11. The molecule has 0 radical (unpaired) electrons. The first kappa shape index (κ1) is 26.4. The summed E-state index contributed by atoms with van der Waals surface area (Å²) in [6.45, 7) is -0.344. The molecule has 1 fully saturated rings. The van der Waals surface area contributed by atoms with Gasteiger partial charge in [-0.1, -0.05) is 36.4 Å². The quantitative estimate of drug-likeness (QED) is 0.156. The summed E-state index contributed by atoms with van der Waals surface area (Å²) in [7, 11) is 1.82. The predicted molar refractivity (Wildman–Crippen MR) is 145 cm³/mol. The first-order valence-corrected chi connectivity index (χ1v) is 13.2. The van der Waals surface area contributed by atoms with Crippen LogP contribution in [0.2, 0.25) is 0 Å². The Morgan fingerprint density at radius 2 is 1.87 bits per heavy atom. The third-order valence-electron chi connectivity index (χ3n) is 6.56. The molecule has 2 aromatic heterocycles. The second kappa shape index (κ2) is 11.2. The lowest BCUT2D eigenvalue weighted by Crippen LogP contribution is -2.33. The van der Waals surface area contributed by atoms with Crippen LogP contribution in [0.5, 0.6) is 0 Å². The van der Waals surface area contributed by atoms with E-state index in [1.54, 1.807) is 16.3 Å². The van der Waals surface area contributed by atoms with Crippen molar-refractivity contribution in [1.82, 2.24) is 19.5 Å². The van der Waals surface area contributed by atoms with Gasteiger partial charge in [0.2, 0.25) is 5.95 Å². The van der Waals surface area contributed by atoms with Gasteiger partial charge in [-0.15, -0.1) is 11.8 Å². The summed E-state index contributed by atoms with van der Waals surface area (Å²) in [6, 6.07) is 16.1. The number of nitrogens with zero attached hydrogens (tertiary/aromatic N) is 5. The van der Waals surface area contributed by atoms with Crippen molar-refractivity contribution in [3.05, 3.63) is 54.9 Å². The Labute approximate surface area is 223 Å². The van der Waals surface area contributed by atoms with Crippen LogP contribution in [0, 0.1) is 0 Å². The number of aliphatic hydroxyl groups excluding tert-OH is 4. The molecule has 200 valence electrons. The number of benzene rings is 2. The molecule has 11 nitrogen and oxygen atoms in total. The highest BCUT2D eigenvalue weighted by molar-refractivity contribution is 7.99. The average molecular weight is 539 g/mol. The molecule has 4 atom stereocenters. The van der Waals surface area contributed by atoms with Crippen molar-refractivity contribution in [2.45, 2.75) is 35.9 Å². The largest absolute Gasteiger partial charge is 0.396 e. The summed E-state index contributed by atoms with van der Waals surface area (Å²) < 4.78 is 7.41. The van der Waals surface area contributed by atoms with Crippen LogP contribution in [0.25, 0.3) is 22.3 Å². The fraction of sp³-hybridized carbons (Fsp3) is 0.346. The molecule has 1 aliphatic heterocycles. The minimum atomic E-state index is -1.34. The first-order valence-electron chi connectivity index (χ1n) is 12.2. The van der Waals surface area contributed by atoms with E-state index in [0.717, 1.165) is 27.5 Å². The van der Waals surface area contributed by atoms with E-state index in [2.05, 4.69) is 22.1 Å². The number of fused-ring (bicyclic) bond motifs is 1. The minimum Gasteiger partial charge on any atom is -0.396 e. The number of rotatable bonds is 9. The highest BCUT2D eigenvalue weighted by Crippen LogP contribution is 2.40. The van der Waals surface area contributed by atoms with Crippen molar-refractivity contribution >= 4 is 40.4 Å². The van der Waals surface area contributed by atoms with Gasteiger partial charge in [0.15, 0.2) is 23.2 Å². The highest BCUT2D eigenvalue weighted by Gasteiger charge is 2.45. The smallest absolute Gasteiger partial charge is 0.214 e. The van der Waals surface area contributed by atoms with E-state index in [0.29, 0.717) is 23.5 Å². The van der Waals surface area contributed by atoms with Crippen molar-refractivity contribution in [2.75, 3.05) is 36.6 Å². The number of ether oxygens (including phenoxy) is 1. The zero-order chi connectivity index (χ0) is 26.8. The number of aliphatic hydroxyl groups is 4. The third kappa shape index (κ3) is 4.82. The Morgan fingerprint density at radius 3 is 2.58 bits per heavy atom. The Kier molecular flexibility index (Phi) is 7.79. The summed E-state index contributed by atoms with van der Waals surface area (Å²) in [5.74, 6) is 1.27. The molecule has 6 N–H and O–H groups in total. The highest BCUT2D eigenvalue weighted by atomic mass is 32.2. The second-order valence-electron chi connectivity index (χ2n) is 8.97. The van der Waals surface area contributed by atoms with Crippen LogP contribution in [0.15, 0.2) is 59.8 Å². The fourth-order valence-electron chi connectivity index (χ4n) is 4.54. The maximum absolute atomic E-state index is 10.8. The normalized spacial score (nSPS) is 21.3. The number of nitrogens with two attached hydrogens (primary N) is 1. The van der Waals surface area contributed by atoms with Crippen LogP contribution < -0.4 is 10.6 Å². The van der Waals surface area contributed by atoms with Gasteiger partial charge in [0.05, 0.1) is 6.61 Å². The number of anilines is 3. The van der Waals surface area contributed by atoms with Crippen molar-refractivity contribution in [3.63, 3.8) is 0 Å². The Morgan fingerprint density at radius 1 is 1.08 bits per heavy atom. The van der Waals surface area contributed by atoms with Crippen LogP contribution in [0.1, 0.15) is 12.6 Å². The maximum Gasteiger partial charge on any atom is 0.214 e. The van der Waals surface area contributed by atoms with Gasteiger partial charge in [-0.3, -0.25) is 4.57 Å². The van der Waals surface area contributed by atoms with E-state index >= 15 is 0 Å². The molecule has 12 heteroatoms. The molecule has 5 rings (SSSR count). The summed E-state index contributed by atoms with van der Waals surface area (Å²) in [4.78, 5) is 15.9. The monoisotopic (exact) mass is 538 g/mol. The molecule has 0 aliphatic carbocycles. The fourth-order valence-corrected chi connectivity index (χ4v) is 5.58. The number of aromatic nitrogens is 4. The third-order valence-corrected chi connectivity index (χ3v) is 7.70. The standard InChI is InChI=1S/C26H30N6O5S/c1-31(16-8-9-17(15-6-3-2-4-7-15)19(12-16)38-11-5-10-33)26-30-20-23(27)28-14-29-24(20)32(26)25-22(36)21(35)18(13-34)37-25/h2-4,6-9,12,14,18,21-22,25,33-36H,5,10-11,13H2,1H3,(H2,27,28,29)/t18-,21-,22-,25-/m1/s1. The van der Waals surface area contributed by atoms with Gasteiger partial charge in [-0.05, 0) is 29.7 Å². The van der Waals surface area contributed by atoms with Crippen molar-refractivity contribution in [2.24, 2.45) is 0 Å². The van der Waals surface area contributed by atoms with Gasteiger partial charge in [0.25, 0.3) is 0 Å².